The monoisotopic (exact) mass is 275 g/mol. The number of nitrogen functional groups attached to an aromatic ring is 1. The summed E-state index contributed by atoms with van der Waals surface area (Å²) >= 11 is 1.30. The molecule has 0 aliphatic heterocycles. The molecule has 0 bridgehead atoms. The van der Waals surface area contributed by atoms with Crippen LogP contribution < -0.4 is 5.73 Å². The highest BCUT2D eigenvalue weighted by atomic mass is 32.1. The lowest BCUT2D eigenvalue weighted by atomic mass is 10.3. The van der Waals surface area contributed by atoms with Gasteiger partial charge in [0.15, 0.2) is 0 Å². The fourth-order valence-corrected chi connectivity index (χ4v) is 2.45. The number of furan rings is 1. The predicted molar refractivity (Wildman–Crippen MR) is 72.4 cm³/mol. The Morgan fingerprint density at radius 2 is 2.37 bits per heavy atom. The smallest absolute Gasteiger partial charge is 0.266 e. The van der Waals surface area contributed by atoms with E-state index in [0.717, 1.165) is 0 Å². The predicted octanol–water partition coefficient (Wildman–Crippen LogP) is 2.48. The first-order valence-electron chi connectivity index (χ1n) is 5.74. The van der Waals surface area contributed by atoms with E-state index in [-0.39, 0.29) is 12.3 Å². The fourth-order valence-electron chi connectivity index (χ4n) is 1.66. The summed E-state index contributed by atoms with van der Waals surface area (Å²) in [6, 6.07) is 7.30. The molecule has 0 fully saturated rings. The van der Waals surface area contributed by atoms with Crippen molar-refractivity contribution in [1.29, 1.82) is 5.26 Å². The minimum absolute atomic E-state index is 0.167. The lowest BCUT2D eigenvalue weighted by molar-refractivity contribution is 0.0741. The third-order valence-corrected chi connectivity index (χ3v) is 3.52. The summed E-state index contributed by atoms with van der Waals surface area (Å²) in [5, 5.41) is 10.5. The van der Waals surface area contributed by atoms with E-state index in [1.807, 2.05) is 6.07 Å². The Morgan fingerprint density at radius 1 is 1.53 bits per heavy atom. The van der Waals surface area contributed by atoms with E-state index < -0.39 is 0 Å². The number of nitrogens with zero attached hydrogens (tertiary/aromatic N) is 2. The summed E-state index contributed by atoms with van der Waals surface area (Å²) in [7, 11) is 0. The van der Waals surface area contributed by atoms with Crippen LogP contribution in [-0.2, 0) is 6.54 Å². The maximum absolute atomic E-state index is 12.4. The van der Waals surface area contributed by atoms with Crippen molar-refractivity contribution in [2.24, 2.45) is 0 Å². The van der Waals surface area contributed by atoms with E-state index in [2.05, 4.69) is 0 Å². The Hall–Kier alpha value is -2.26. The van der Waals surface area contributed by atoms with Gasteiger partial charge in [0.2, 0.25) is 0 Å². The molecule has 0 atom stereocenters. The first-order valence-corrected chi connectivity index (χ1v) is 6.62. The van der Waals surface area contributed by atoms with E-state index >= 15 is 0 Å². The zero-order valence-corrected chi connectivity index (χ0v) is 11.0. The van der Waals surface area contributed by atoms with Crippen molar-refractivity contribution < 1.29 is 9.21 Å². The molecule has 5 nitrogen and oxygen atoms in total. The number of carbonyl (C=O) groups excluding carboxylic acids is 1. The molecule has 98 valence electrons. The number of amides is 1. The average Bonchev–Trinajstić information content (AvgIpc) is 3.05. The number of rotatable bonds is 5. The second-order valence-corrected chi connectivity index (χ2v) is 4.84. The van der Waals surface area contributed by atoms with Gasteiger partial charge >= 0.3 is 0 Å². The quantitative estimate of drug-likeness (QED) is 0.908. The van der Waals surface area contributed by atoms with E-state index in [1.165, 1.54) is 11.3 Å². The van der Waals surface area contributed by atoms with Gasteiger partial charge in [-0.1, -0.05) is 0 Å². The first kappa shape index (κ1) is 13.2. The molecular weight excluding hydrogens is 262 g/mol. The van der Waals surface area contributed by atoms with Crippen molar-refractivity contribution in [3.8, 4) is 6.07 Å². The van der Waals surface area contributed by atoms with Gasteiger partial charge in [-0.05, 0) is 23.6 Å². The van der Waals surface area contributed by atoms with Gasteiger partial charge in [-0.2, -0.15) is 5.26 Å². The van der Waals surface area contributed by atoms with E-state index in [4.69, 9.17) is 15.4 Å². The topological polar surface area (TPSA) is 83.3 Å². The summed E-state index contributed by atoms with van der Waals surface area (Å²) in [5.41, 5.74) is 6.22. The van der Waals surface area contributed by atoms with Gasteiger partial charge in [-0.3, -0.25) is 4.79 Å². The van der Waals surface area contributed by atoms with Crippen molar-refractivity contribution in [2.45, 2.75) is 13.0 Å². The second-order valence-electron chi connectivity index (χ2n) is 3.92. The Balaban J connectivity index is 2.15. The van der Waals surface area contributed by atoms with Crippen LogP contribution >= 0.6 is 11.3 Å². The molecule has 19 heavy (non-hydrogen) atoms. The maximum Gasteiger partial charge on any atom is 0.266 e. The molecular formula is C13H13N3O2S. The fraction of sp³-hybridized carbons (Fsp3) is 0.231. The SMILES string of the molecule is N#CCCN(Cc1ccco1)C(=O)c1sccc1N. The summed E-state index contributed by atoms with van der Waals surface area (Å²) in [4.78, 5) is 14.4. The molecule has 2 N–H and O–H groups in total. The molecule has 0 radical (unpaired) electrons. The molecule has 0 saturated carbocycles. The lowest BCUT2D eigenvalue weighted by Crippen LogP contribution is -2.31. The molecule has 0 spiro atoms. The van der Waals surface area contributed by atoms with Crippen LogP contribution in [0.1, 0.15) is 21.9 Å². The molecule has 1 amide bonds. The molecule has 2 aromatic rings. The number of carbonyl (C=O) groups is 1. The van der Waals surface area contributed by atoms with Crippen LogP contribution in [0, 0.1) is 11.3 Å². The van der Waals surface area contributed by atoms with Crippen molar-refractivity contribution in [1.82, 2.24) is 4.90 Å². The van der Waals surface area contributed by atoms with Crippen LogP contribution in [0.5, 0.6) is 0 Å². The molecule has 2 rings (SSSR count). The number of nitriles is 1. The number of nitrogens with two attached hydrogens (primary N) is 1. The Labute approximate surface area is 114 Å². The standard InChI is InChI=1S/C13H13N3O2S/c14-5-2-6-16(9-10-3-1-7-18-10)13(17)12-11(15)4-8-19-12/h1,3-4,7-8H,2,6,9,15H2. The summed E-state index contributed by atoms with van der Waals surface area (Å²) in [6.07, 6.45) is 1.83. The summed E-state index contributed by atoms with van der Waals surface area (Å²) in [6.45, 7) is 0.693. The molecule has 0 unspecified atom stereocenters. The number of anilines is 1. The van der Waals surface area contributed by atoms with Crippen molar-refractivity contribution >= 4 is 22.9 Å². The molecule has 2 aromatic heterocycles. The molecule has 2 heterocycles. The largest absolute Gasteiger partial charge is 0.467 e. The van der Waals surface area contributed by atoms with Crippen molar-refractivity contribution in [3.05, 3.63) is 40.5 Å². The molecule has 6 heteroatoms. The normalized spacial score (nSPS) is 10.1. The Morgan fingerprint density at radius 3 is 2.95 bits per heavy atom. The van der Waals surface area contributed by atoms with Gasteiger partial charge < -0.3 is 15.1 Å². The maximum atomic E-state index is 12.4. The number of hydrogen-bond acceptors (Lipinski definition) is 5. The van der Waals surface area contributed by atoms with Gasteiger partial charge in [0.25, 0.3) is 5.91 Å². The lowest BCUT2D eigenvalue weighted by Gasteiger charge is -2.20. The third-order valence-electron chi connectivity index (χ3n) is 2.60. The van der Waals surface area contributed by atoms with Crippen LogP contribution in [0.3, 0.4) is 0 Å². The van der Waals surface area contributed by atoms with Crippen LogP contribution in [0.15, 0.2) is 34.3 Å². The highest BCUT2D eigenvalue weighted by Gasteiger charge is 2.20. The average molecular weight is 275 g/mol. The van der Waals surface area contributed by atoms with E-state index in [1.54, 1.807) is 34.7 Å². The van der Waals surface area contributed by atoms with Crippen LogP contribution in [0.4, 0.5) is 5.69 Å². The Bertz CT molecular complexity index is 583. The highest BCUT2D eigenvalue weighted by molar-refractivity contribution is 7.12. The van der Waals surface area contributed by atoms with Crippen molar-refractivity contribution in [2.75, 3.05) is 12.3 Å². The van der Waals surface area contributed by atoms with Crippen LogP contribution in [0.2, 0.25) is 0 Å². The van der Waals surface area contributed by atoms with Gasteiger partial charge in [0.1, 0.15) is 10.6 Å². The third kappa shape index (κ3) is 3.14. The van der Waals surface area contributed by atoms with Gasteiger partial charge in [0.05, 0.1) is 31.0 Å². The zero-order chi connectivity index (χ0) is 13.7. The minimum Gasteiger partial charge on any atom is -0.467 e. The van der Waals surface area contributed by atoms with Gasteiger partial charge in [0, 0.05) is 6.54 Å². The van der Waals surface area contributed by atoms with Crippen molar-refractivity contribution in [3.63, 3.8) is 0 Å². The second kappa shape index (κ2) is 6.07. The zero-order valence-electron chi connectivity index (χ0n) is 10.2. The Kier molecular flexibility index (Phi) is 4.21. The molecule has 0 aromatic carbocycles. The first-order chi connectivity index (χ1) is 9.22. The molecule has 0 saturated heterocycles. The van der Waals surface area contributed by atoms with Crippen LogP contribution in [0.25, 0.3) is 0 Å². The summed E-state index contributed by atoms with van der Waals surface area (Å²) < 4.78 is 5.24. The highest BCUT2D eigenvalue weighted by Crippen LogP contribution is 2.22. The van der Waals surface area contributed by atoms with Gasteiger partial charge in [-0.15, -0.1) is 11.3 Å². The number of thiophene rings is 1. The van der Waals surface area contributed by atoms with E-state index in [9.17, 15) is 4.79 Å². The molecule has 0 aliphatic carbocycles. The summed E-state index contributed by atoms with van der Waals surface area (Å²) in [5.74, 6) is 0.514. The molecule has 0 aliphatic rings. The van der Waals surface area contributed by atoms with Crippen LogP contribution in [-0.4, -0.2) is 17.4 Å². The number of hydrogen-bond donors (Lipinski definition) is 1. The van der Waals surface area contributed by atoms with E-state index in [0.29, 0.717) is 29.4 Å². The van der Waals surface area contributed by atoms with Gasteiger partial charge in [-0.25, -0.2) is 0 Å². The minimum atomic E-state index is -0.167.